The molecule has 3 nitrogen and oxygen atoms in total. The summed E-state index contributed by atoms with van der Waals surface area (Å²) >= 11 is 0. The predicted octanol–water partition coefficient (Wildman–Crippen LogP) is 1.73. The fourth-order valence-corrected chi connectivity index (χ4v) is 1.62. The van der Waals surface area contributed by atoms with Crippen molar-refractivity contribution in [3.8, 4) is 0 Å². The Morgan fingerprint density at radius 1 is 1.46 bits per heavy atom. The average Bonchev–Trinajstić information content (AvgIpc) is 2.07. The zero-order chi connectivity index (χ0) is 9.84. The molecule has 76 valence electrons. The number of nitrogens with one attached hydrogen (secondary N) is 1. The molecule has 0 spiro atoms. The molecule has 0 saturated heterocycles. The van der Waals surface area contributed by atoms with Crippen LogP contribution < -0.4 is 5.32 Å². The number of hydrogen-bond acceptors (Lipinski definition) is 1. The Morgan fingerprint density at radius 3 is 2.77 bits per heavy atom. The van der Waals surface area contributed by atoms with E-state index in [4.69, 9.17) is 5.11 Å². The molecule has 3 atom stereocenters. The zero-order valence-corrected chi connectivity index (χ0v) is 7.17. The van der Waals surface area contributed by atoms with Gasteiger partial charge in [-0.25, -0.2) is 13.6 Å². The number of carbonyl (C=O) groups is 1. The van der Waals surface area contributed by atoms with Gasteiger partial charge in [0.05, 0.1) is 0 Å². The second-order valence-corrected chi connectivity index (χ2v) is 3.34. The molecular formula is C8H13F2NO2. The van der Waals surface area contributed by atoms with Gasteiger partial charge in [-0.2, -0.15) is 0 Å². The van der Waals surface area contributed by atoms with Crippen molar-refractivity contribution >= 4 is 6.09 Å². The first kappa shape index (κ1) is 10.2. The van der Waals surface area contributed by atoms with Gasteiger partial charge in [0, 0.05) is 12.5 Å². The van der Waals surface area contributed by atoms with E-state index in [1.807, 2.05) is 0 Å². The van der Waals surface area contributed by atoms with E-state index in [2.05, 4.69) is 5.32 Å². The highest BCUT2D eigenvalue weighted by Gasteiger charge is 2.33. The number of alkyl halides is 2. The molecule has 0 radical (unpaired) electrons. The molecule has 0 aromatic rings. The quantitative estimate of drug-likeness (QED) is 0.701. The zero-order valence-electron chi connectivity index (χ0n) is 7.17. The maximum Gasteiger partial charge on any atom is 0.404 e. The molecular weight excluding hydrogens is 180 g/mol. The molecule has 1 saturated carbocycles. The first-order chi connectivity index (χ1) is 6.11. The lowest BCUT2D eigenvalue weighted by molar-refractivity contribution is 0.0664. The molecule has 1 fully saturated rings. The molecule has 1 aliphatic carbocycles. The molecule has 1 aliphatic rings. The van der Waals surface area contributed by atoms with Crippen LogP contribution in [0.4, 0.5) is 13.6 Å². The summed E-state index contributed by atoms with van der Waals surface area (Å²) in [7, 11) is 0. The summed E-state index contributed by atoms with van der Waals surface area (Å²) in [5.74, 6) is -0.500. The van der Waals surface area contributed by atoms with E-state index in [0.29, 0.717) is 12.8 Å². The van der Waals surface area contributed by atoms with Crippen LogP contribution >= 0.6 is 0 Å². The van der Waals surface area contributed by atoms with E-state index in [1.54, 1.807) is 0 Å². The predicted molar refractivity (Wildman–Crippen MR) is 43.2 cm³/mol. The van der Waals surface area contributed by atoms with Gasteiger partial charge in [0.1, 0.15) is 12.3 Å². The second-order valence-electron chi connectivity index (χ2n) is 3.34. The Bertz CT molecular complexity index is 189. The molecule has 1 amide bonds. The Hall–Kier alpha value is -0.870. The normalized spacial score (nSPS) is 34.2. The summed E-state index contributed by atoms with van der Waals surface area (Å²) < 4.78 is 25.9. The van der Waals surface area contributed by atoms with Crippen LogP contribution in [0.1, 0.15) is 19.3 Å². The maximum absolute atomic E-state index is 13.1. The summed E-state index contributed by atoms with van der Waals surface area (Å²) in [6.07, 6.45) is -2.68. The van der Waals surface area contributed by atoms with Crippen LogP contribution in [0.2, 0.25) is 0 Å². The molecule has 1 rings (SSSR count). The Balaban J connectivity index is 2.35. The van der Waals surface area contributed by atoms with Crippen molar-refractivity contribution < 1.29 is 18.7 Å². The van der Waals surface area contributed by atoms with Crippen molar-refractivity contribution in [2.75, 3.05) is 6.54 Å². The van der Waals surface area contributed by atoms with Gasteiger partial charge >= 0.3 is 6.09 Å². The molecule has 0 bridgehead atoms. The number of halogens is 2. The molecule has 0 aliphatic heterocycles. The highest BCUT2D eigenvalue weighted by Crippen LogP contribution is 2.28. The summed E-state index contributed by atoms with van der Waals surface area (Å²) in [5.41, 5.74) is 0. The number of rotatable bonds is 2. The topological polar surface area (TPSA) is 49.3 Å². The highest BCUT2D eigenvalue weighted by molar-refractivity contribution is 5.64. The lowest BCUT2D eigenvalue weighted by Crippen LogP contribution is -2.39. The summed E-state index contributed by atoms with van der Waals surface area (Å²) in [4.78, 5) is 10.1. The fraction of sp³-hybridized carbons (Fsp3) is 0.875. The van der Waals surface area contributed by atoms with Gasteiger partial charge in [-0.15, -0.1) is 0 Å². The van der Waals surface area contributed by atoms with Crippen LogP contribution in [-0.4, -0.2) is 30.1 Å². The van der Waals surface area contributed by atoms with Crippen LogP contribution in [0.5, 0.6) is 0 Å². The lowest BCUT2D eigenvalue weighted by Gasteiger charge is -2.28. The van der Waals surface area contributed by atoms with Crippen molar-refractivity contribution in [2.45, 2.75) is 31.6 Å². The van der Waals surface area contributed by atoms with Crippen molar-refractivity contribution in [2.24, 2.45) is 5.92 Å². The van der Waals surface area contributed by atoms with Crippen LogP contribution in [0.15, 0.2) is 0 Å². The third-order valence-electron chi connectivity index (χ3n) is 2.37. The molecule has 0 aromatic heterocycles. The summed E-state index contributed by atoms with van der Waals surface area (Å²) in [6, 6.07) is 0. The van der Waals surface area contributed by atoms with Gasteiger partial charge < -0.3 is 10.4 Å². The average molecular weight is 193 g/mol. The SMILES string of the molecule is O=C(O)NCC1CCCC(F)C1F. The lowest BCUT2D eigenvalue weighted by atomic mass is 9.86. The Morgan fingerprint density at radius 2 is 2.15 bits per heavy atom. The first-order valence-electron chi connectivity index (χ1n) is 4.36. The second kappa shape index (κ2) is 4.39. The largest absolute Gasteiger partial charge is 0.465 e. The molecule has 0 heterocycles. The highest BCUT2D eigenvalue weighted by atomic mass is 19.2. The van der Waals surface area contributed by atoms with Gasteiger partial charge in [-0.3, -0.25) is 0 Å². The minimum Gasteiger partial charge on any atom is -0.465 e. The van der Waals surface area contributed by atoms with Crippen molar-refractivity contribution in [1.29, 1.82) is 0 Å². The van der Waals surface area contributed by atoms with Gasteiger partial charge in [0.25, 0.3) is 0 Å². The van der Waals surface area contributed by atoms with E-state index >= 15 is 0 Å². The van der Waals surface area contributed by atoms with Gasteiger partial charge in [0.2, 0.25) is 0 Å². The number of carboxylic acid groups (broad SMARTS) is 1. The van der Waals surface area contributed by atoms with Crippen LogP contribution in [-0.2, 0) is 0 Å². The minimum atomic E-state index is -1.51. The van der Waals surface area contributed by atoms with E-state index < -0.39 is 24.4 Å². The Kier molecular flexibility index (Phi) is 3.45. The van der Waals surface area contributed by atoms with Gasteiger partial charge in [0.15, 0.2) is 0 Å². The smallest absolute Gasteiger partial charge is 0.404 e. The third kappa shape index (κ3) is 2.82. The summed E-state index contributed by atoms with van der Waals surface area (Å²) in [5, 5.41) is 10.3. The van der Waals surface area contributed by atoms with Crippen LogP contribution in [0.25, 0.3) is 0 Å². The van der Waals surface area contributed by atoms with E-state index in [9.17, 15) is 13.6 Å². The molecule has 3 unspecified atom stereocenters. The summed E-state index contributed by atoms with van der Waals surface area (Å²) in [6.45, 7) is 0.0108. The molecule has 0 aromatic carbocycles. The molecule has 2 N–H and O–H groups in total. The maximum atomic E-state index is 13.1. The van der Waals surface area contributed by atoms with E-state index in [-0.39, 0.29) is 13.0 Å². The molecule has 5 heteroatoms. The Labute approximate surface area is 75.1 Å². The van der Waals surface area contributed by atoms with Crippen molar-refractivity contribution in [1.82, 2.24) is 5.32 Å². The van der Waals surface area contributed by atoms with Crippen molar-refractivity contribution in [3.05, 3.63) is 0 Å². The van der Waals surface area contributed by atoms with Crippen LogP contribution in [0.3, 0.4) is 0 Å². The fourth-order valence-electron chi connectivity index (χ4n) is 1.62. The van der Waals surface area contributed by atoms with Gasteiger partial charge in [-0.05, 0) is 19.3 Å². The standard InChI is InChI=1S/C8H13F2NO2/c9-6-3-1-2-5(7(6)10)4-11-8(12)13/h5-7,11H,1-4H2,(H,12,13). The number of hydrogen-bond donors (Lipinski definition) is 2. The monoisotopic (exact) mass is 193 g/mol. The third-order valence-corrected chi connectivity index (χ3v) is 2.37. The minimum absolute atomic E-state index is 0.0108. The van der Waals surface area contributed by atoms with Gasteiger partial charge in [-0.1, -0.05) is 0 Å². The van der Waals surface area contributed by atoms with E-state index in [0.717, 1.165) is 0 Å². The van der Waals surface area contributed by atoms with E-state index in [1.165, 1.54) is 0 Å². The van der Waals surface area contributed by atoms with Crippen molar-refractivity contribution in [3.63, 3.8) is 0 Å². The first-order valence-corrected chi connectivity index (χ1v) is 4.36. The van der Waals surface area contributed by atoms with Crippen LogP contribution in [0, 0.1) is 5.92 Å². The number of amides is 1. The molecule has 13 heavy (non-hydrogen) atoms.